The Morgan fingerprint density at radius 1 is 1.13 bits per heavy atom. The first-order chi connectivity index (χ1) is 14.5. The van der Waals surface area contributed by atoms with Crippen molar-refractivity contribution < 1.29 is 9.21 Å². The van der Waals surface area contributed by atoms with E-state index in [0.717, 1.165) is 11.3 Å². The average molecular weight is 420 g/mol. The van der Waals surface area contributed by atoms with Crippen LogP contribution in [0.4, 0.5) is 5.69 Å². The zero-order chi connectivity index (χ0) is 21.1. The summed E-state index contributed by atoms with van der Waals surface area (Å²) in [5.41, 5.74) is 2.20. The maximum Gasteiger partial charge on any atom is 0.262 e. The number of rotatable bonds is 6. The van der Waals surface area contributed by atoms with Gasteiger partial charge in [0.25, 0.3) is 5.56 Å². The third kappa shape index (κ3) is 4.16. The van der Waals surface area contributed by atoms with E-state index in [1.807, 2.05) is 49.4 Å². The maximum atomic E-state index is 13.1. The molecular formula is C23H21N3O3S. The number of hydrogen-bond donors (Lipinski definition) is 1. The molecule has 1 atom stereocenters. The van der Waals surface area contributed by atoms with Gasteiger partial charge in [-0.1, -0.05) is 42.1 Å². The van der Waals surface area contributed by atoms with Crippen LogP contribution in [0.5, 0.6) is 0 Å². The molecule has 6 nitrogen and oxygen atoms in total. The van der Waals surface area contributed by atoms with E-state index < -0.39 is 5.25 Å². The number of benzene rings is 2. The van der Waals surface area contributed by atoms with Gasteiger partial charge in [0.15, 0.2) is 5.16 Å². The highest BCUT2D eigenvalue weighted by molar-refractivity contribution is 8.00. The molecule has 0 aliphatic rings. The van der Waals surface area contributed by atoms with Gasteiger partial charge in [-0.25, -0.2) is 4.98 Å². The molecule has 2 heterocycles. The second kappa shape index (κ2) is 8.59. The lowest BCUT2D eigenvalue weighted by Crippen LogP contribution is -2.27. The molecule has 152 valence electrons. The van der Waals surface area contributed by atoms with Crippen LogP contribution in [0.25, 0.3) is 10.9 Å². The normalized spacial score (nSPS) is 12.1. The van der Waals surface area contributed by atoms with Gasteiger partial charge in [0.05, 0.1) is 29.0 Å². The lowest BCUT2D eigenvalue weighted by Gasteiger charge is -2.16. The average Bonchev–Trinajstić information content (AvgIpc) is 3.26. The number of carbonyl (C=O) groups is 1. The van der Waals surface area contributed by atoms with Crippen molar-refractivity contribution in [1.29, 1.82) is 0 Å². The molecule has 0 bridgehead atoms. The van der Waals surface area contributed by atoms with Crippen molar-refractivity contribution in [1.82, 2.24) is 9.55 Å². The summed E-state index contributed by atoms with van der Waals surface area (Å²) in [5.74, 6) is 0.495. The van der Waals surface area contributed by atoms with Crippen molar-refractivity contribution in [3.63, 3.8) is 0 Å². The fraction of sp³-hybridized carbons (Fsp3) is 0.174. The van der Waals surface area contributed by atoms with E-state index >= 15 is 0 Å². The Morgan fingerprint density at radius 2 is 1.90 bits per heavy atom. The molecule has 30 heavy (non-hydrogen) atoms. The van der Waals surface area contributed by atoms with Crippen LogP contribution in [0.15, 0.2) is 81.3 Å². The molecular weight excluding hydrogens is 398 g/mol. The van der Waals surface area contributed by atoms with Crippen LogP contribution in [-0.2, 0) is 11.3 Å². The molecule has 2 aromatic carbocycles. The van der Waals surface area contributed by atoms with Crippen LogP contribution < -0.4 is 10.9 Å². The largest absolute Gasteiger partial charge is 0.467 e. The van der Waals surface area contributed by atoms with Crippen LogP contribution in [0.2, 0.25) is 0 Å². The van der Waals surface area contributed by atoms with Gasteiger partial charge in [0, 0.05) is 5.69 Å². The summed E-state index contributed by atoms with van der Waals surface area (Å²) >= 11 is 1.25. The molecule has 2 aromatic heterocycles. The van der Waals surface area contributed by atoms with Crippen LogP contribution >= 0.6 is 11.8 Å². The summed E-state index contributed by atoms with van der Waals surface area (Å²) in [6, 6.07) is 18.4. The van der Waals surface area contributed by atoms with Gasteiger partial charge in [-0.15, -0.1) is 0 Å². The van der Waals surface area contributed by atoms with Crippen LogP contribution in [0.3, 0.4) is 0 Å². The highest BCUT2D eigenvalue weighted by Gasteiger charge is 2.20. The molecule has 1 N–H and O–H groups in total. The number of furan rings is 1. The van der Waals surface area contributed by atoms with Crippen molar-refractivity contribution in [2.45, 2.75) is 30.8 Å². The van der Waals surface area contributed by atoms with Gasteiger partial charge in [0.1, 0.15) is 5.76 Å². The first kappa shape index (κ1) is 20.0. The van der Waals surface area contributed by atoms with E-state index in [4.69, 9.17) is 4.42 Å². The molecule has 0 aliphatic heterocycles. The number of amides is 1. The number of anilines is 1. The molecule has 1 amide bonds. The first-order valence-electron chi connectivity index (χ1n) is 9.58. The number of nitrogens with one attached hydrogen (secondary N) is 1. The quantitative estimate of drug-likeness (QED) is 0.369. The topological polar surface area (TPSA) is 77.1 Å². The van der Waals surface area contributed by atoms with E-state index in [0.29, 0.717) is 21.8 Å². The minimum Gasteiger partial charge on any atom is -0.467 e. The second-order valence-corrected chi connectivity index (χ2v) is 8.25. The third-order valence-corrected chi connectivity index (χ3v) is 5.87. The maximum absolute atomic E-state index is 13.1. The fourth-order valence-corrected chi connectivity index (χ4v) is 4.00. The van der Waals surface area contributed by atoms with E-state index in [9.17, 15) is 9.59 Å². The van der Waals surface area contributed by atoms with Crippen molar-refractivity contribution in [3.05, 3.63) is 88.6 Å². The minimum atomic E-state index is -0.458. The zero-order valence-corrected chi connectivity index (χ0v) is 17.5. The lowest BCUT2D eigenvalue weighted by atomic mass is 10.2. The van der Waals surface area contributed by atoms with E-state index in [1.54, 1.807) is 36.0 Å². The SMILES string of the molecule is Cc1ccccc1NC(=O)[C@@H](C)Sc1nc2ccccc2c(=O)n1Cc1ccco1. The minimum absolute atomic E-state index is 0.152. The van der Waals surface area contributed by atoms with Crippen molar-refractivity contribution in [3.8, 4) is 0 Å². The fourth-order valence-electron chi connectivity index (χ4n) is 3.09. The smallest absolute Gasteiger partial charge is 0.262 e. The molecule has 4 rings (SSSR count). The predicted octanol–water partition coefficient (Wildman–Crippen LogP) is 4.47. The number of para-hydroxylation sites is 2. The zero-order valence-electron chi connectivity index (χ0n) is 16.7. The van der Waals surface area contributed by atoms with Gasteiger partial charge in [-0.2, -0.15) is 0 Å². The molecule has 7 heteroatoms. The molecule has 0 unspecified atom stereocenters. The molecule has 0 spiro atoms. The lowest BCUT2D eigenvalue weighted by molar-refractivity contribution is -0.115. The Morgan fingerprint density at radius 3 is 2.67 bits per heavy atom. The van der Waals surface area contributed by atoms with Crippen molar-refractivity contribution in [2.24, 2.45) is 0 Å². The van der Waals surface area contributed by atoms with Crippen molar-refractivity contribution >= 4 is 34.3 Å². The molecule has 0 saturated carbocycles. The Labute approximate surface area is 177 Å². The summed E-state index contributed by atoms with van der Waals surface area (Å²) in [4.78, 5) is 30.6. The van der Waals surface area contributed by atoms with Crippen LogP contribution in [0.1, 0.15) is 18.2 Å². The number of thioether (sulfide) groups is 1. The summed E-state index contributed by atoms with van der Waals surface area (Å²) in [7, 11) is 0. The second-order valence-electron chi connectivity index (χ2n) is 6.95. The summed E-state index contributed by atoms with van der Waals surface area (Å²) < 4.78 is 6.99. The van der Waals surface area contributed by atoms with Gasteiger partial charge < -0.3 is 9.73 Å². The molecule has 0 radical (unpaired) electrons. The predicted molar refractivity (Wildman–Crippen MR) is 119 cm³/mol. The monoisotopic (exact) mass is 419 g/mol. The standard InChI is InChI=1S/C23H21N3O3S/c1-15-8-3-5-11-19(15)24-21(27)16(2)30-23-25-20-12-6-4-10-18(20)22(28)26(23)14-17-9-7-13-29-17/h3-13,16H,14H2,1-2H3,(H,24,27)/t16-/m1/s1. The van der Waals surface area contributed by atoms with Crippen LogP contribution in [-0.4, -0.2) is 20.7 Å². The van der Waals surface area contributed by atoms with Crippen LogP contribution in [0, 0.1) is 6.92 Å². The number of fused-ring (bicyclic) bond motifs is 1. The Bertz CT molecular complexity index is 1250. The van der Waals surface area contributed by atoms with E-state index in [1.165, 1.54) is 11.8 Å². The number of hydrogen-bond acceptors (Lipinski definition) is 5. The van der Waals surface area contributed by atoms with Gasteiger partial charge in [0.2, 0.25) is 5.91 Å². The Kier molecular flexibility index (Phi) is 5.72. The number of carbonyl (C=O) groups excluding carboxylic acids is 1. The third-order valence-electron chi connectivity index (χ3n) is 4.78. The molecule has 0 aliphatic carbocycles. The van der Waals surface area contributed by atoms with Crippen molar-refractivity contribution in [2.75, 3.05) is 5.32 Å². The molecule has 4 aromatic rings. The highest BCUT2D eigenvalue weighted by atomic mass is 32.2. The van der Waals surface area contributed by atoms with E-state index in [2.05, 4.69) is 10.3 Å². The van der Waals surface area contributed by atoms with E-state index in [-0.39, 0.29) is 18.0 Å². The molecule has 0 fully saturated rings. The molecule has 0 saturated heterocycles. The summed E-state index contributed by atoms with van der Waals surface area (Å²) in [6.07, 6.45) is 1.57. The Hall–Kier alpha value is -3.32. The highest BCUT2D eigenvalue weighted by Crippen LogP contribution is 2.25. The summed E-state index contributed by atoms with van der Waals surface area (Å²) in [6.45, 7) is 3.99. The van der Waals surface area contributed by atoms with Gasteiger partial charge >= 0.3 is 0 Å². The first-order valence-corrected chi connectivity index (χ1v) is 10.5. The Balaban J connectivity index is 1.66. The van der Waals surface area contributed by atoms with Gasteiger partial charge in [-0.3, -0.25) is 14.2 Å². The van der Waals surface area contributed by atoms with Gasteiger partial charge in [-0.05, 0) is 49.7 Å². The number of aryl methyl sites for hydroxylation is 1. The number of nitrogens with zero attached hydrogens (tertiary/aromatic N) is 2. The number of aromatic nitrogens is 2. The summed E-state index contributed by atoms with van der Waals surface area (Å²) in [5, 5.41) is 3.50.